The first-order valence-electron chi connectivity index (χ1n) is 6.08. The maximum atomic E-state index is 13.2. The Balaban J connectivity index is 2.26. The van der Waals surface area contributed by atoms with Gasteiger partial charge in [0.25, 0.3) is 0 Å². The van der Waals surface area contributed by atoms with Gasteiger partial charge in [0.1, 0.15) is 11.6 Å². The van der Waals surface area contributed by atoms with Crippen LogP contribution in [0.5, 0.6) is 0 Å². The molecule has 0 amide bonds. The van der Waals surface area contributed by atoms with E-state index in [4.69, 9.17) is 0 Å². The lowest BCUT2D eigenvalue weighted by Gasteiger charge is -2.46. The van der Waals surface area contributed by atoms with Crippen LogP contribution in [0.15, 0.2) is 18.2 Å². The topological polar surface area (TPSA) is 20.2 Å². The zero-order valence-electron chi connectivity index (χ0n) is 10.7. The molecule has 4 heteroatoms. The Bertz CT molecular complexity index is 427. The summed E-state index contributed by atoms with van der Waals surface area (Å²) in [5.41, 5.74) is -0.623. The molecule has 18 heavy (non-hydrogen) atoms. The van der Waals surface area contributed by atoms with E-state index in [0.717, 1.165) is 18.2 Å². The Morgan fingerprint density at radius 2 is 1.83 bits per heavy atom. The summed E-state index contributed by atoms with van der Waals surface area (Å²) < 4.78 is 26.3. The van der Waals surface area contributed by atoms with Gasteiger partial charge in [0.15, 0.2) is 0 Å². The minimum atomic E-state index is -0.907. The molecule has 0 aromatic heterocycles. The molecule has 0 radical (unpaired) electrons. The normalized spacial score (nSPS) is 27.2. The number of aliphatic hydroxyl groups is 1. The molecule has 2 rings (SSSR count). The third-order valence-corrected chi connectivity index (χ3v) is 5.07. The van der Waals surface area contributed by atoms with E-state index in [1.54, 1.807) is 11.8 Å². The van der Waals surface area contributed by atoms with Crippen molar-refractivity contribution in [1.29, 1.82) is 0 Å². The Kier molecular flexibility index (Phi) is 3.70. The van der Waals surface area contributed by atoms with Crippen molar-refractivity contribution < 1.29 is 13.9 Å². The van der Waals surface area contributed by atoms with Crippen molar-refractivity contribution in [2.75, 3.05) is 11.5 Å². The van der Waals surface area contributed by atoms with E-state index in [1.807, 2.05) is 13.8 Å². The van der Waals surface area contributed by atoms with Crippen LogP contribution in [0.1, 0.15) is 25.8 Å². The fraction of sp³-hybridized carbons (Fsp3) is 0.571. The van der Waals surface area contributed by atoms with Crippen LogP contribution in [-0.4, -0.2) is 22.2 Å². The molecular formula is C14H18F2OS. The van der Waals surface area contributed by atoms with Crippen LogP contribution < -0.4 is 0 Å². The molecule has 1 aromatic rings. The Hall–Kier alpha value is -0.610. The molecule has 1 aliphatic heterocycles. The summed E-state index contributed by atoms with van der Waals surface area (Å²) in [6.45, 7) is 4.03. The molecule has 0 saturated carbocycles. The highest BCUT2D eigenvalue weighted by atomic mass is 32.2. The lowest BCUT2D eigenvalue weighted by molar-refractivity contribution is -0.0513. The van der Waals surface area contributed by atoms with Gasteiger partial charge in [-0.25, -0.2) is 8.78 Å². The number of hydrogen-bond acceptors (Lipinski definition) is 2. The van der Waals surface area contributed by atoms with Crippen molar-refractivity contribution >= 4 is 11.8 Å². The van der Waals surface area contributed by atoms with E-state index in [1.165, 1.54) is 12.1 Å². The van der Waals surface area contributed by atoms with Gasteiger partial charge in [-0.2, -0.15) is 11.8 Å². The Morgan fingerprint density at radius 1 is 1.22 bits per heavy atom. The molecule has 1 atom stereocenters. The second kappa shape index (κ2) is 4.82. The van der Waals surface area contributed by atoms with Gasteiger partial charge in [-0.1, -0.05) is 13.8 Å². The lowest BCUT2D eigenvalue weighted by atomic mass is 9.70. The molecule has 1 nitrogen and oxygen atoms in total. The van der Waals surface area contributed by atoms with Gasteiger partial charge >= 0.3 is 0 Å². The molecule has 1 aliphatic rings. The van der Waals surface area contributed by atoms with Crippen LogP contribution in [0.4, 0.5) is 8.78 Å². The summed E-state index contributed by atoms with van der Waals surface area (Å²) in [4.78, 5) is 0. The summed E-state index contributed by atoms with van der Waals surface area (Å²) in [7, 11) is 0. The average molecular weight is 272 g/mol. The summed E-state index contributed by atoms with van der Waals surface area (Å²) >= 11 is 1.69. The maximum Gasteiger partial charge on any atom is 0.126 e. The van der Waals surface area contributed by atoms with Gasteiger partial charge in [-0.15, -0.1) is 0 Å². The number of halogens is 2. The minimum absolute atomic E-state index is 0.235. The first-order chi connectivity index (χ1) is 8.32. The zero-order chi connectivity index (χ0) is 13.4. The predicted molar refractivity (Wildman–Crippen MR) is 70.7 cm³/mol. The van der Waals surface area contributed by atoms with Crippen LogP contribution in [0.25, 0.3) is 0 Å². The van der Waals surface area contributed by atoms with E-state index < -0.39 is 17.2 Å². The third kappa shape index (κ3) is 2.69. The molecule has 1 saturated heterocycles. The Labute approximate surface area is 111 Å². The van der Waals surface area contributed by atoms with E-state index in [2.05, 4.69) is 0 Å². The predicted octanol–water partition coefficient (Wildman–Crippen LogP) is 3.40. The molecular weight excluding hydrogens is 254 g/mol. The summed E-state index contributed by atoms with van der Waals surface area (Å²) in [6.07, 6.45) is 1.20. The summed E-state index contributed by atoms with van der Waals surface area (Å²) in [5, 5.41) is 10.8. The van der Waals surface area contributed by atoms with Crippen molar-refractivity contribution in [3.05, 3.63) is 35.4 Å². The molecule has 1 heterocycles. The number of rotatable bonds is 2. The summed E-state index contributed by atoms with van der Waals surface area (Å²) in [5.74, 6) is 0.454. The minimum Gasteiger partial charge on any atom is -0.388 e. The van der Waals surface area contributed by atoms with Crippen LogP contribution in [0.3, 0.4) is 0 Å². The number of hydrogen-bond donors (Lipinski definition) is 1. The van der Waals surface area contributed by atoms with Crippen LogP contribution in [0.2, 0.25) is 0 Å². The highest BCUT2D eigenvalue weighted by Crippen LogP contribution is 2.44. The summed E-state index contributed by atoms with van der Waals surface area (Å²) in [6, 6.07) is 3.46. The Morgan fingerprint density at radius 3 is 2.39 bits per heavy atom. The molecule has 1 aromatic carbocycles. The van der Waals surface area contributed by atoms with Crippen molar-refractivity contribution in [2.45, 2.75) is 32.3 Å². The van der Waals surface area contributed by atoms with Crippen LogP contribution >= 0.6 is 11.8 Å². The third-order valence-electron chi connectivity index (χ3n) is 3.89. The monoisotopic (exact) mass is 272 g/mol. The lowest BCUT2D eigenvalue weighted by Crippen LogP contribution is -2.51. The molecule has 100 valence electrons. The average Bonchev–Trinajstić information content (AvgIpc) is 2.21. The second-order valence-corrected chi connectivity index (χ2v) is 6.78. The first kappa shape index (κ1) is 13.8. The van der Waals surface area contributed by atoms with Crippen LogP contribution in [0, 0.1) is 17.0 Å². The maximum absolute atomic E-state index is 13.2. The van der Waals surface area contributed by atoms with Gasteiger partial charge in [-0.3, -0.25) is 0 Å². The number of thioether (sulfide) groups is 1. The number of benzene rings is 1. The van der Waals surface area contributed by atoms with Crippen molar-refractivity contribution in [3.8, 4) is 0 Å². The van der Waals surface area contributed by atoms with Gasteiger partial charge in [0.05, 0.1) is 5.60 Å². The molecule has 1 fully saturated rings. The van der Waals surface area contributed by atoms with Crippen molar-refractivity contribution in [3.63, 3.8) is 0 Å². The second-order valence-electron chi connectivity index (χ2n) is 5.67. The highest BCUT2D eigenvalue weighted by molar-refractivity contribution is 7.99. The van der Waals surface area contributed by atoms with Gasteiger partial charge in [0.2, 0.25) is 0 Å². The van der Waals surface area contributed by atoms with E-state index in [0.29, 0.717) is 17.7 Å². The highest BCUT2D eigenvalue weighted by Gasteiger charge is 2.45. The van der Waals surface area contributed by atoms with Crippen molar-refractivity contribution in [1.82, 2.24) is 0 Å². The van der Waals surface area contributed by atoms with Gasteiger partial charge in [-0.05, 0) is 35.3 Å². The standard InChI is InChI=1S/C14H18F2OS/c1-13(2)3-4-18-9-14(13,17)8-10-5-11(15)7-12(16)6-10/h5-7,17H,3-4,8-9H2,1-2H3. The fourth-order valence-corrected chi connectivity index (χ4v) is 3.97. The first-order valence-corrected chi connectivity index (χ1v) is 7.23. The fourth-order valence-electron chi connectivity index (χ4n) is 2.34. The quantitative estimate of drug-likeness (QED) is 0.890. The molecule has 0 spiro atoms. The van der Waals surface area contributed by atoms with E-state index in [-0.39, 0.29) is 5.41 Å². The molecule has 0 bridgehead atoms. The van der Waals surface area contributed by atoms with Gasteiger partial charge in [0, 0.05) is 18.2 Å². The smallest absolute Gasteiger partial charge is 0.126 e. The van der Waals surface area contributed by atoms with Crippen molar-refractivity contribution in [2.24, 2.45) is 5.41 Å². The SMILES string of the molecule is CC1(C)CCSCC1(O)Cc1cc(F)cc(F)c1. The largest absolute Gasteiger partial charge is 0.388 e. The van der Waals surface area contributed by atoms with Gasteiger partial charge < -0.3 is 5.11 Å². The van der Waals surface area contributed by atoms with E-state index >= 15 is 0 Å². The molecule has 0 aliphatic carbocycles. The zero-order valence-corrected chi connectivity index (χ0v) is 11.5. The molecule has 1 unspecified atom stereocenters. The van der Waals surface area contributed by atoms with Crippen LogP contribution in [-0.2, 0) is 6.42 Å². The molecule has 1 N–H and O–H groups in total. The van der Waals surface area contributed by atoms with E-state index in [9.17, 15) is 13.9 Å².